The lowest BCUT2D eigenvalue weighted by atomic mass is 10.0. The molecule has 3 saturated heterocycles. The largest absolute Gasteiger partial charge is 0.619 e. The van der Waals surface area contributed by atoms with Crippen LogP contribution in [0.3, 0.4) is 0 Å². The lowest BCUT2D eigenvalue weighted by Crippen LogP contribution is -2.53. The summed E-state index contributed by atoms with van der Waals surface area (Å²) in [5.41, 5.74) is 1.71. The van der Waals surface area contributed by atoms with Gasteiger partial charge in [0.2, 0.25) is 5.91 Å². The number of aromatic nitrogens is 1. The summed E-state index contributed by atoms with van der Waals surface area (Å²) in [6.07, 6.45) is 3.34. The van der Waals surface area contributed by atoms with Crippen LogP contribution in [0.4, 0.5) is 5.69 Å². The number of fused-ring (bicyclic) bond motifs is 1. The number of benzene rings is 1. The van der Waals surface area contributed by atoms with Gasteiger partial charge in [-0.2, -0.15) is 4.73 Å². The van der Waals surface area contributed by atoms with E-state index in [1.807, 2.05) is 26.0 Å². The fourth-order valence-corrected chi connectivity index (χ4v) is 5.97. The van der Waals surface area contributed by atoms with Gasteiger partial charge in [-0.3, -0.25) is 19.2 Å². The van der Waals surface area contributed by atoms with Crippen molar-refractivity contribution in [2.45, 2.75) is 44.8 Å². The third-order valence-corrected chi connectivity index (χ3v) is 7.91. The molecular weight excluding hydrogens is 512 g/mol. The van der Waals surface area contributed by atoms with Gasteiger partial charge in [-0.15, -0.1) is 0 Å². The summed E-state index contributed by atoms with van der Waals surface area (Å²) in [5, 5.41) is 17.9. The molecular formula is C29H36N6O5. The van der Waals surface area contributed by atoms with Crippen LogP contribution in [-0.4, -0.2) is 90.7 Å². The van der Waals surface area contributed by atoms with E-state index >= 15 is 0 Å². The summed E-state index contributed by atoms with van der Waals surface area (Å²) < 4.78 is 0.547. The minimum atomic E-state index is -0.801. The summed E-state index contributed by atoms with van der Waals surface area (Å²) in [6.45, 7) is 7.78. The van der Waals surface area contributed by atoms with Gasteiger partial charge in [-0.05, 0) is 49.1 Å². The van der Waals surface area contributed by atoms with Crippen LogP contribution < -0.4 is 20.3 Å². The maximum absolute atomic E-state index is 13.8. The fourth-order valence-electron chi connectivity index (χ4n) is 5.97. The molecule has 0 spiro atoms. The maximum atomic E-state index is 13.8. The first-order valence-corrected chi connectivity index (χ1v) is 13.9. The number of amides is 3. The zero-order valence-corrected chi connectivity index (χ0v) is 22.9. The number of pyridine rings is 1. The summed E-state index contributed by atoms with van der Waals surface area (Å²) in [7, 11) is 0. The smallest absolute Gasteiger partial charge is 0.260 e. The second-order valence-electron chi connectivity index (χ2n) is 11.1. The molecule has 3 aliphatic heterocycles. The number of hydrogen-bond acceptors (Lipinski definition) is 7. The lowest BCUT2D eigenvalue weighted by Gasteiger charge is -2.30. The summed E-state index contributed by atoms with van der Waals surface area (Å²) in [4.78, 5) is 58.5. The van der Waals surface area contributed by atoms with Crippen LogP contribution in [0.15, 0.2) is 48.8 Å². The molecule has 4 heterocycles. The number of carbonyl (C=O) groups excluding carboxylic acids is 4. The first kappa shape index (κ1) is 27.6. The number of rotatable bonds is 7. The average Bonchev–Trinajstić information content (AvgIpc) is 3.53. The second-order valence-corrected chi connectivity index (χ2v) is 11.1. The molecule has 3 atom stereocenters. The number of nitrogens with zero attached hydrogens (tertiary/aromatic N) is 4. The molecule has 2 aromatic rings. The molecule has 11 heteroatoms. The van der Waals surface area contributed by atoms with Crippen LogP contribution in [0.1, 0.15) is 47.4 Å². The molecule has 2 N–H and O–H groups in total. The van der Waals surface area contributed by atoms with Gasteiger partial charge in [0.15, 0.2) is 18.2 Å². The highest BCUT2D eigenvalue weighted by Gasteiger charge is 2.52. The van der Waals surface area contributed by atoms with Crippen molar-refractivity contribution >= 4 is 29.2 Å². The average molecular weight is 549 g/mol. The van der Waals surface area contributed by atoms with E-state index in [2.05, 4.69) is 15.5 Å². The van der Waals surface area contributed by atoms with E-state index in [0.29, 0.717) is 29.7 Å². The Bertz CT molecular complexity index is 1280. The molecule has 3 unspecified atom stereocenters. The van der Waals surface area contributed by atoms with E-state index in [0.717, 1.165) is 31.9 Å². The molecule has 0 aliphatic carbocycles. The summed E-state index contributed by atoms with van der Waals surface area (Å²) in [5.74, 6) is -1.15. The van der Waals surface area contributed by atoms with Crippen molar-refractivity contribution in [3.63, 3.8) is 0 Å². The molecule has 0 saturated carbocycles. The van der Waals surface area contributed by atoms with Crippen molar-refractivity contribution in [1.29, 1.82) is 0 Å². The zero-order valence-electron chi connectivity index (χ0n) is 22.9. The first-order valence-electron chi connectivity index (χ1n) is 13.9. The fraction of sp³-hybridized carbons (Fsp3) is 0.483. The van der Waals surface area contributed by atoms with Gasteiger partial charge in [-0.25, -0.2) is 0 Å². The molecule has 40 heavy (non-hydrogen) atoms. The van der Waals surface area contributed by atoms with E-state index in [1.165, 1.54) is 34.3 Å². The van der Waals surface area contributed by atoms with Gasteiger partial charge in [0, 0.05) is 50.0 Å². The number of ketones is 1. The zero-order chi connectivity index (χ0) is 28.4. The predicted octanol–water partition coefficient (Wildman–Crippen LogP) is 0.569. The molecule has 1 aromatic carbocycles. The predicted molar refractivity (Wildman–Crippen MR) is 148 cm³/mol. The molecule has 212 valence electrons. The molecule has 0 bridgehead atoms. The maximum Gasteiger partial charge on any atom is 0.260 e. The van der Waals surface area contributed by atoms with Gasteiger partial charge in [0.05, 0.1) is 12.6 Å². The Kier molecular flexibility index (Phi) is 8.02. The highest BCUT2D eigenvalue weighted by atomic mass is 16.5. The Morgan fingerprint density at radius 2 is 1.77 bits per heavy atom. The van der Waals surface area contributed by atoms with Crippen molar-refractivity contribution in [3.05, 3.63) is 65.1 Å². The third kappa shape index (κ3) is 5.65. The highest BCUT2D eigenvalue weighted by molar-refractivity contribution is 6.03. The minimum absolute atomic E-state index is 0.119. The Balaban J connectivity index is 1.28. The molecule has 11 nitrogen and oxygen atoms in total. The third-order valence-electron chi connectivity index (χ3n) is 7.91. The van der Waals surface area contributed by atoms with Crippen LogP contribution in [0.25, 0.3) is 0 Å². The van der Waals surface area contributed by atoms with E-state index in [9.17, 15) is 24.4 Å². The minimum Gasteiger partial charge on any atom is -0.619 e. The highest BCUT2D eigenvalue weighted by Crippen LogP contribution is 2.31. The number of hydrogen-bond donors (Lipinski definition) is 2. The normalized spacial score (nSPS) is 21.5. The molecule has 3 amide bonds. The number of Topliss-reactive ketones (excluding diaryl/α,β-unsaturated/α-hetero) is 1. The Labute approximate surface area is 233 Å². The topological polar surface area (TPSA) is 129 Å². The summed E-state index contributed by atoms with van der Waals surface area (Å²) >= 11 is 0. The Morgan fingerprint density at radius 1 is 1.05 bits per heavy atom. The van der Waals surface area contributed by atoms with Crippen LogP contribution in [0.2, 0.25) is 0 Å². The van der Waals surface area contributed by atoms with Gasteiger partial charge in [0.1, 0.15) is 17.6 Å². The van der Waals surface area contributed by atoms with Crippen molar-refractivity contribution in [2.75, 3.05) is 44.2 Å². The molecule has 1 aromatic heterocycles. The molecule has 3 aliphatic rings. The number of likely N-dealkylation sites (tertiary alicyclic amines) is 2. The number of anilines is 1. The van der Waals surface area contributed by atoms with E-state index in [-0.39, 0.29) is 35.6 Å². The number of piperazine rings is 1. The van der Waals surface area contributed by atoms with Gasteiger partial charge in [0.25, 0.3) is 11.8 Å². The van der Waals surface area contributed by atoms with Crippen LogP contribution in [0, 0.1) is 11.1 Å². The first-order chi connectivity index (χ1) is 19.2. The molecule has 5 rings (SSSR count). The van der Waals surface area contributed by atoms with Gasteiger partial charge in [-0.1, -0.05) is 13.8 Å². The standard InChI is InChI=1S/C29H36N6O5/c1-19(2)16-23(31-27(37)20-5-7-22(8-6-20)32-14-10-30-11-15-32)29(39)34-13-9-24-26(34)25(36)18-35(24)28(38)21-4-3-12-33(40)17-21/h3-8,12,17,19,23-24,26,30H,9-11,13-16,18H2,1-2H3,(H,31,37). The van der Waals surface area contributed by atoms with E-state index < -0.39 is 24.0 Å². The SMILES string of the molecule is CC(C)CC(NC(=O)c1ccc(N2CCNCC2)cc1)C(=O)N1CCC2C1C(=O)CN2C(=O)c1ccc[n+]([O-])c1. The lowest BCUT2D eigenvalue weighted by molar-refractivity contribution is -0.605. The van der Waals surface area contributed by atoms with Crippen molar-refractivity contribution in [2.24, 2.45) is 5.92 Å². The Morgan fingerprint density at radius 3 is 2.45 bits per heavy atom. The number of carbonyl (C=O) groups is 4. The molecule has 3 fully saturated rings. The van der Waals surface area contributed by atoms with Crippen molar-refractivity contribution < 1.29 is 23.9 Å². The summed E-state index contributed by atoms with van der Waals surface area (Å²) in [6, 6.07) is 8.40. The van der Waals surface area contributed by atoms with Gasteiger partial charge >= 0.3 is 0 Å². The molecule has 0 radical (unpaired) electrons. The quantitative estimate of drug-likeness (QED) is 0.382. The van der Waals surface area contributed by atoms with Crippen LogP contribution in [-0.2, 0) is 9.59 Å². The van der Waals surface area contributed by atoms with Crippen molar-refractivity contribution in [3.8, 4) is 0 Å². The van der Waals surface area contributed by atoms with Crippen molar-refractivity contribution in [1.82, 2.24) is 20.4 Å². The van der Waals surface area contributed by atoms with Crippen LogP contribution in [0.5, 0.6) is 0 Å². The second kappa shape index (κ2) is 11.6. The van der Waals surface area contributed by atoms with Gasteiger partial charge < -0.3 is 30.5 Å². The van der Waals surface area contributed by atoms with E-state index in [1.54, 1.807) is 12.1 Å². The number of nitrogens with one attached hydrogen (secondary N) is 2. The Hall–Kier alpha value is -3.99. The monoisotopic (exact) mass is 548 g/mol. The van der Waals surface area contributed by atoms with E-state index in [4.69, 9.17) is 0 Å². The van der Waals surface area contributed by atoms with Crippen LogP contribution >= 0.6 is 0 Å².